The summed E-state index contributed by atoms with van der Waals surface area (Å²) in [5.74, 6) is -0.961. The average molecular weight is 289 g/mol. The largest absolute Gasteiger partial charge is 0.480 e. The SMILES string of the molecule is NC(=O)c1cc2c(nc1N1CCCC1C(=O)O)CCCC2. The zero-order valence-electron chi connectivity index (χ0n) is 11.8. The normalized spacial score (nSPS) is 21.1. The number of carboxylic acids is 1. The number of aliphatic carboxylic acids is 1. The molecular formula is C15H19N3O3. The van der Waals surface area contributed by atoms with Crippen molar-refractivity contribution in [2.24, 2.45) is 5.73 Å². The van der Waals surface area contributed by atoms with Crippen LogP contribution in [-0.2, 0) is 17.6 Å². The van der Waals surface area contributed by atoms with Gasteiger partial charge in [0.05, 0.1) is 5.56 Å². The van der Waals surface area contributed by atoms with E-state index in [0.29, 0.717) is 24.3 Å². The number of hydrogen-bond donors (Lipinski definition) is 2. The molecule has 0 radical (unpaired) electrons. The van der Waals surface area contributed by atoms with Gasteiger partial charge in [-0.25, -0.2) is 9.78 Å². The van der Waals surface area contributed by atoms with E-state index in [1.165, 1.54) is 0 Å². The zero-order valence-corrected chi connectivity index (χ0v) is 11.8. The van der Waals surface area contributed by atoms with E-state index in [1.807, 2.05) is 6.07 Å². The summed E-state index contributed by atoms with van der Waals surface area (Å²) in [6.07, 6.45) is 5.32. The summed E-state index contributed by atoms with van der Waals surface area (Å²) in [7, 11) is 0. The van der Waals surface area contributed by atoms with Gasteiger partial charge in [-0.05, 0) is 50.2 Å². The Labute approximate surface area is 123 Å². The van der Waals surface area contributed by atoms with Gasteiger partial charge in [0.1, 0.15) is 11.9 Å². The van der Waals surface area contributed by atoms with Crippen molar-refractivity contribution in [2.45, 2.75) is 44.6 Å². The van der Waals surface area contributed by atoms with Crippen LogP contribution in [0.1, 0.15) is 47.3 Å². The monoisotopic (exact) mass is 289 g/mol. The second-order valence-electron chi connectivity index (χ2n) is 5.73. The lowest BCUT2D eigenvalue weighted by Crippen LogP contribution is -2.38. The molecule has 1 aliphatic heterocycles. The van der Waals surface area contributed by atoms with Crippen molar-refractivity contribution in [1.82, 2.24) is 4.98 Å². The van der Waals surface area contributed by atoms with Gasteiger partial charge >= 0.3 is 5.97 Å². The van der Waals surface area contributed by atoms with Gasteiger partial charge in [0.15, 0.2) is 0 Å². The maximum Gasteiger partial charge on any atom is 0.326 e. The number of carbonyl (C=O) groups is 2. The molecule has 2 aliphatic rings. The molecule has 1 aromatic rings. The van der Waals surface area contributed by atoms with Crippen molar-refractivity contribution in [1.29, 1.82) is 0 Å². The number of nitrogens with zero attached hydrogens (tertiary/aromatic N) is 2. The highest BCUT2D eigenvalue weighted by Crippen LogP contribution is 2.31. The number of aryl methyl sites for hydroxylation is 2. The van der Waals surface area contributed by atoms with Crippen molar-refractivity contribution >= 4 is 17.7 Å². The molecule has 1 amide bonds. The Hall–Kier alpha value is -2.11. The van der Waals surface area contributed by atoms with Crippen LogP contribution in [0.2, 0.25) is 0 Å². The predicted molar refractivity (Wildman–Crippen MR) is 77.4 cm³/mol. The number of fused-ring (bicyclic) bond motifs is 1. The minimum Gasteiger partial charge on any atom is -0.480 e. The smallest absolute Gasteiger partial charge is 0.326 e. The summed E-state index contributed by atoms with van der Waals surface area (Å²) < 4.78 is 0. The highest BCUT2D eigenvalue weighted by molar-refractivity contribution is 5.98. The molecule has 0 spiro atoms. The van der Waals surface area contributed by atoms with Gasteiger partial charge in [0.2, 0.25) is 0 Å². The first-order chi connectivity index (χ1) is 10.1. The fourth-order valence-corrected chi connectivity index (χ4v) is 3.30. The molecule has 6 nitrogen and oxygen atoms in total. The van der Waals surface area contributed by atoms with Gasteiger partial charge in [-0.15, -0.1) is 0 Å². The Morgan fingerprint density at radius 2 is 2.05 bits per heavy atom. The molecule has 1 aliphatic carbocycles. The lowest BCUT2D eigenvalue weighted by atomic mass is 9.94. The van der Waals surface area contributed by atoms with Gasteiger partial charge in [-0.2, -0.15) is 0 Å². The lowest BCUT2D eigenvalue weighted by Gasteiger charge is -2.26. The molecule has 3 N–H and O–H groups in total. The standard InChI is InChI=1S/C15H19N3O3/c16-13(19)10-8-9-4-1-2-5-11(9)17-14(10)18-7-3-6-12(18)15(20)21/h8,12H,1-7H2,(H2,16,19)(H,20,21). The third-order valence-corrected chi connectivity index (χ3v) is 4.36. The fourth-order valence-electron chi connectivity index (χ4n) is 3.30. The molecule has 1 unspecified atom stereocenters. The van der Waals surface area contributed by atoms with E-state index >= 15 is 0 Å². The molecule has 0 aromatic carbocycles. The number of nitrogens with two attached hydrogens (primary N) is 1. The van der Waals surface area contributed by atoms with Crippen LogP contribution in [-0.4, -0.2) is 34.6 Å². The summed E-state index contributed by atoms with van der Waals surface area (Å²) >= 11 is 0. The van der Waals surface area contributed by atoms with E-state index in [2.05, 4.69) is 4.98 Å². The maximum atomic E-state index is 11.7. The number of hydrogen-bond acceptors (Lipinski definition) is 4. The number of pyridine rings is 1. The van der Waals surface area contributed by atoms with Gasteiger partial charge in [-0.3, -0.25) is 4.79 Å². The van der Waals surface area contributed by atoms with E-state index < -0.39 is 17.9 Å². The molecule has 1 atom stereocenters. The van der Waals surface area contributed by atoms with Crippen LogP contribution in [0.15, 0.2) is 6.07 Å². The minimum absolute atomic E-state index is 0.351. The lowest BCUT2D eigenvalue weighted by molar-refractivity contribution is -0.138. The molecule has 21 heavy (non-hydrogen) atoms. The quantitative estimate of drug-likeness (QED) is 0.869. The van der Waals surface area contributed by atoms with Crippen LogP contribution in [0.4, 0.5) is 5.82 Å². The average Bonchev–Trinajstić information content (AvgIpc) is 2.95. The summed E-state index contributed by atoms with van der Waals surface area (Å²) in [5, 5.41) is 9.33. The number of rotatable bonds is 3. The Morgan fingerprint density at radius 3 is 2.76 bits per heavy atom. The maximum absolute atomic E-state index is 11.7. The highest BCUT2D eigenvalue weighted by Gasteiger charge is 2.34. The Bertz CT molecular complexity index is 600. The third kappa shape index (κ3) is 2.46. The van der Waals surface area contributed by atoms with E-state index in [1.54, 1.807) is 4.90 Å². The zero-order chi connectivity index (χ0) is 15.0. The van der Waals surface area contributed by atoms with Crippen LogP contribution in [0, 0.1) is 0 Å². The van der Waals surface area contributed by atoms with Gasteiger partial charge in [-0.1, -0.05) is 0 Å². The topological polar surface area (TPSA) is 96.5 Å². The molecule has 1 aromatic heterocycles. The molecule has 3 rings (SSSR count). The molecule has 0 saturated carbocycles. The van der Waals surface area contributed by atoms with E-state index in [-0.39, 0.29) is 0 Å². The molecule has 1 saturated heterocycles. The number of amides is 1. The van der Waals surface area contributed by atoms with Gasteiger partial charge in [0, 0.05) is 12.2 Å². The molecular weight excluding hydrogens is 270 g/mol. The first-order valence-electron chi connectivity index (χ1n) is 7.40. The second kappa shape index (κ2) is 5.35. The summed E-state index contributed by atoms with van der Waals surface area (Å²) in [6, 6.07) is 1.20. The second-order valence-corrected chi connectivity index (χ2v) is 5.73. The summed E-state index contributed by atoms with van der Waals surface area (Å²) in [6.45, 7) is 0.600. The van der Waals surface area contributed by atoms with Crippen LogP contribution >= 0.6 is 0 Å². The van der Waals surface area contributed by atoms with Crippen LogP contribution in [0.3, 0.4) is 0 Å². The van der Waals surface area contributed by atoms with Gasteiger partial charge in [0.25, 0.3) is 5.91 Å². The predicted octanol–water partition coefficient (Wildman–Crippen LogP) is 1.11. The molecule has 112 valence electrons. The summed E-state index contributed by atoms with van der Waals surface area (Å²) in [4.78, 5) is 29.4. The van der Waals surface area contributed by atoms with Crippen molar-refractivity contribution < 1.29 is 14.7 Å². The minimum atomic E-state index is -0.873. The number of carbonyl (C=O) groups excluding carboxylic acids is 1. The first-order valence-corrected chi connectivity index (χ1v) is 7.40. The van der Waals surface area contributed by atoms with Crippen molar-refractivity contribution in [2.75, 3.05) is 11.4 Å². The van der Waals surface area contributed by atoms with Crippen molar-refractivity contribution in [3.05, 3.63) is 22.9 Å². The van der Waals surface area contributed by atoms with Crippen molar-refractivity contribution in [3.63, 3.8) is 0 Å². The fraction of sp³-hybridized carbons (Fsp3) is 0.533. The molecule has 0 bridgehead atoms. The van der Waals surface area contributed by atoms with Crippen LogP contribution in [0.25, 0.3) is 0 Å². The van der Waals surface area contributed by atoms with Crippen molar-refractivity contribution in [3.8, 4) is 0 Å². The highest BCUT2D eigenvalue weighted by atomic mass is 16.4. The number of aromatic nitrogens is 1. The molecule has 2 heterocycles. The van der Waals surface area contributed by atoms with Gasteiger partial charge < -0.3 is 15.7 Å². The van der Waals surface area contributed by atoms with E-state index in [0.717, 1.165) is 43.4 Å². The Morgan fingerprint density at radius 1 is 1.29 bits per heavy atom. The van der Waals surface area contributed by atoms with E-state index in [4.69, 9.17) is 5.73 Å². The summed E-state index contributed by atoms with van der Waals surface area (Å²) in [5.41, 5.74) is 7.89. The molecule has 1 fully saturated rings. The van der Waals surface area contributed by atoms with E-state index in [9.17, 15) is 14.7 Å². The number of carboxylic acid groups (broad SMARTS) is 1. The van der Waals surface area contributed by atoms with Crippen LogP contribution in [0.5, 0.6) is 0 Å². The Balaban J connectivity index is 2.07. The number of primary amides is 1. The van der Waals surface area contributed by atoms with Crippen LogP contribution < -0.4 is 10.6 Å². The Kier molecular flexibility index (Phi) is 3.53. The first kappa shape index (κ1) is 13.9. The number of anilines is 1. The molecule has 6 heteroatoms. The third-order valence-electron chi connectivity index (χ3n) is 4.36.